The molecule has 0 aromatic heterocycles. The predicted octanol–water partition coefficient (Wildman–Crippen LogP) is 2.60. The third-order valence-electron chi connectivity index (χ3n) is 2.00. The molecule has 0 atom stereocenters. The van der Waals surface area contributed by atoms with Gasteiger partial charge in [0, 0.05) is 11.3 Å². The van der Waals surface area contributed by atoms with Gasteiger partial charge in [0.15, 0.2) is 0 Å². The highest BCUT2D eigenvalue weighted by atomic mass is 32.1. The summed E-state index contributed by atoms with van der Waals surface area (Å²) in [6.45, 7) is 0.591. The quantitative estimate of drug-likeness (QED) is 0.807. The van der Waals surface area contributed by atoms with E-state index in [0.717, 1.165) is 0 Å². The van der Waals surface area contributed by atoms with Crippen LogP contribution in [0.15, 0.2) is 18.2 Å². The molecular formula is C10H11F3N2S. The summed E-state index contributed by atoms with van der Waals surface area (Å²) in [5.41, 5.74) is 6.88. The minimum Gasteiger partial charge on any atom is -0.389 e. The van der Waals surface area contributed by atoms with Gasteiger partial charge in [0.25, 0.3) is 0 Å². The number of aryl methyl sites for hydroxylation is 1. The van der Waals surface area contributed by atoms with E-state index >= 15 is 0 Å². The first-order valence-electron chi connectivity index (χ1n) is 4.51. The van der Waals surface area contributed by atoms with E-state index < -0.39 is 12.7 Å². The van der Waals surface area contributed by atoms with E-state index in [1.165, 1.54) is 0 Å². The Balaban J connectivity index is 2.98. The summed E-state index contributed by atoms with van der Waals surface area (Å²) in [6, 6.07) is 4.98. The van der Waals surface area contributed by atoms with Crippen LogP contribution in [0, 0.1) is 6.92 Å². The number of benzene rings is 1. The predicted molar refractivity (Wildman–Crippen MR) is 61.6 cm³/mol. The van der Waals surface area contributed by atoms with Gasteiger partial charge in [-0.1, -0.05) is 24.4 Å². The number of hydrogen-bond donors (Lipinski definition) is 2. The van der Waals surface area contributed by atoms with Crippen LogP contribution in [-0.4, -0.2) is 17.7 Å². The normalized spacial score (nSPS) is 11.2. The number of alkyl halides is 3. The average Bonchev–Trinajstić information content (AvgIpc) is 2.13. The Labute approximate surface area is 96.6 Å². The summed E-state index contributed by atoms with van der Waals surface area (Å²) in [6.07, 6.45) is -4.27. The van der Waals surface area contributed by atoms with Crippen LogP contribution in [0.1, 0.15) is 11.1 Å². The lowest BCUT2D eigenvalue weighted by Crippen LogP contribution is -2.23. The third-order valence-corrected chi connectivity index (χ3v) is 2.22. The molecular weight excluding hydrogens is 237 g/mol. The van der Waals surface area contributed by atoms with Crippen molar-refractivity contribution in [2.75, 3.05) is 11.9 Å². The first kappa shape index (κ1) is 12.8. The number of anilines is 1. The van der Waals surface area contributed by atoms with Gasteiger partial charge in [-0.3, -0.25) is 0 Å². The Morgan fingerprint density at radius 3 is 2.56 bits per heavy atom. The minimum atomic E-state index is -4.27. The molecule has 0 unspecified atom stereocenters. The van der Waals surface area contributed by atoms with Crippen molar-refractivity contribution in [2.45, 2.75) is 13.1 Å². The summed E-state index contributed by atoms with van der Waals surface area (Å²) in [7, 11) is 0. The number of thiocarbonyl (C=S) groups is 1. The van der Waals surface area contributed by atoms with Crippen molar-refractivity contribution < 1.29 is 13.2 Å². The number of nitrogens with two attached hydrogens (primary N) is 1. The second-order valence-corrected chi connectivity index (χ2v) is 3.77. The number of halogens is 3. The van der Waals surface area contributed by atoms with Crippen molar-refractivity contribution in [3.05, 3.63) is 29.3 Å². The Hall–Kier alpha value is -1.30. The third kappa shape index (κ3) is 3.37. The maximum atomic E-state index is 12.1. The molecule has 0 heterocycles. The van der Waals surface area contributed by atoms with E-state index in [-0.39, 0.29) is 4.99 Å². The molecule has 16 heavy (non-hydrogen) atoms. The van der Waals surface area contributed by atoms with Crippen LogP contribution in [0.25, 0.3) is 0 Å². The molecule has 0 saturated heterocycles. The summed E-state index contributed by atoms with van der Waals surface area (Å²) < 4.78 is 36.2. The number of rotatable bonds is 3. The summed E-state index contributed by atoms with van der Waals surface area (Å²) in [5.74, 6) is 0. The second-order valence-electron chi connectivity index (χ2n) is 3.33. The number of hydrogen-bond acceptors (Lipinski definition) is 2. The van der Waals surface area contributed by atoms with Gasteiger partial charge < -0.3 is 11.1 Å². The Bertz CT molecular complexity index is 402. The molecule has 0 spiro atoms. The van der Waals surface area contributed by atoms with Gasteiger partial charge in [-0.2, -0.15) is 13.2 Å². The lowest BCUT2D eigenvalue weighted by atomic mass is 10.1. The fourth-order valence-electron chi connectivity index (χ4n) is 1.30. The fraction of sp³-hybridized carbons (Fsp3) is 0.300. The van der Waals surface area contributed by atoms with Gasteiger partial charge in [-0.05, 0) is 18.6 Å². The van der Waals surface area contributed by atoms with Gasteiger partial charge in [0.2, 0.25) is 0 Å². The highest BCUT2D eigenvalue weighted by Crippen LogP contribution is 2.23. The van der Waals surface area contributed by atoms with Crippen LogP contribution in [0.3, 0.4) is 0 Å². The molecule has 0 saturated carbocycles. The molecule has 1 aromatic rings. The van der Waals surface area contributed by atoms with Crippen LogP contribution in [0.5, 0.6) is 0 Å². The van der Waals surface area contributed by atoms with E-state index in [1.54, 1.807) is 25.1 Å². The van der Waals surface area contributed by atoms with Crippen LogP contribution in [0.4, 0.5) is 18.9 Å². The lowest BCUT2D eigenvalue weighted by Gasteiger charge is -2.15. The molecule has 88 valence electrons. The van der Waals surface area contributed by atoms with Crippen molar-refractivity contribution >= 4 is 22.9 Å². The van der Waals surface area contributed by atoms with E-state index in [4.69, 9.17) is 18.0 Å². The maximum absolute atomic E-state index is 12.1. The zero-order chi connectivity index (χ0) is 12.3. The standard InChI is InChI=1S/C10H11F3N2S/c1-6-3-2-4-7(9(14)16)8(6)15-5-10(11,12)13/h2-4,15H,5H2,1H3,(H2,14,16). The fourth-order valence-corrected chi connectivity index (χ4v) is 1.47. The summed E-state index contributed by atoms with van der Waals surface area (Å²) in [5, 5.41) is 2.31. The van der Waals surface area contributed by atoms with Gasteiger partial charge in [0.1, 0.15) is 11.5 Å². The second kappa shape index (κ2) is 4.69. The number of nitrogens with one attached hydrogen (secondary N) is 1. The monoisotopic (exact) mass is 248 g/mol. The highest BCUT2D eigenvalue weighted by molar-refractivity contribution is 7.80. The van der Waals surface area contributed by atoms with E-state index in [9.17, 15) is 13.2 Å². The minimum absolute atomic E-state index is 0.0772. The smallest absolute Gasteiger partial charge is 0.389 e. The van der Waals surface area contributed by atoms with Crippen molar-refractivity contribution in [1.82, 2.24) is 0 Å². The molecule has 0 aliphatic heterocycles. The van der Waals surface area contributed by atoms with E-state index in [1.807, 2.05) is 0 Å². The number of para-hydroxylation sites is 1. The van der Waals surface area contributed by atoms with Crippen LogP contribution in [0.2, 0.25) is 0 Å². The maximum Gasteiger partial charge on any atom is 0.405 e. The lowest BCUT2D eigenvalue weighted by molar-refractivity contribution is -0.115. The molecule has 0 bridgehead atoms. The molecule has 1 aromatic carbocycles. The molecule has 1 rings (SSSR count). The molecule has 3 N–H and O–H groups in total. The topological polar surface area (TPSA) is 38.0 Å². The first-order chi connectivity index (χ1) is 7.31. The summed E-state index contributed by atoms with van der Waals surface area (Å²) >= 11 is 4.77. The van der Waals surface area contributed by atoms with Gasteiger partial charge in [-0.15, -0.1) is 0 Å². The molecule has 0 radical (unpaired) electrons. The van der Waals surface area contributed by atoms with Crippen molar-refractivity contribution in [1.29, 1.82) is 0 Å². The average molecular weight is 248 g/mol. The molecule has 0 amide bonds. The van der Waals surface area contributed by atoms with Crippen LogP contribution in [-0.2, 0) is 0 Å². The first-order valence-corrected chi connectivity index (χ1v) is 4.92. The van der Waals surface area contributed by atoms with Gasteiger partial charge in [0.05, 0.1) is 0 Å². The molecule has 6 heteroatoms. The highest BCUT2D eigenvalue weighted by Gasteiger charge is 2.27. The van der Waals surface area contributed by atoms with Crippen molar-refractivity contribution in [3.63, 3.8) is 0 Å². The van der Waals surface area contributed by atoms with E-state index in [2.05, 4.69) is 5.32 Å². The van der Waals surface area contributed by atoms with Gasteiger partial charge >= 0.3 is 6.18 Å². The van der Waals surface area contributed by atoms with Crippen LogP contribution < -0.4 is 11.1 Å². The Morgan fingerprint density at radius 1 is 1.44 bits per heavy atom. The Kier molecular flexibility index (Phi) is 3.74. The van der Waals surface area contributed by atoms with Crippen molar-refractivity contribution in [3.8, 4) is 0 Å². The van der Waals surface area contributed by atoms with E-state index in [0.29, 0.717) is 16.8 Å². The van der Waals surface area contributed by atoms with Crippen LogP contribution >= 0.6 is 12.2 Å². The summed E-state index contributed by atoms with van der Waals surface area (Å²) in [4.78, 5) is 0.0772. The molecule has 0 fully saturated rings. The zero-order valence-electron chi connectivity index (χ0n) is 8.56. The molecule has 2 nitrogen and oxygen atoms in total. The largest absolute Gasteiger partial charge is 0.405 e. The van der Waals surface area contributed by atoms with Gasteiger partial charge in [-0.25, -0.2) is 0 Å². The SMILES string of the molecule is Cc1cccc(C(N)=S)c1NCC(F)(F)F. The molecule has 0 aliphatic rings. The zero-order valence-corrected chi connectivity index (χ0v) is 9.38. The Morgan fingerprint density at radius 2 is 2.06 bits per heavy atom. The molecule has 0 aliphatic carbocycles. The van der Waals surface area contributed by atoms with Crippen molar-refractivity contribution in [2.24, 2.45) is 5.73 Å².